The summed E-state index contributed by atoms with van der Waals surface area (Å²) in [6.07, 6.45) is 0.402. The average Bonchev–Trinajstić information content (AvgIpc) is 2.44. The van der Waals surface area contributed by atoms with E-state index in [0.29, 0.717) is 6.42 Å². The van der Waals surface area contributed by atoms with Gasteiger partial charge in [-0.2, -0.15) is 0 Å². The second-order valence-electron chi connectivity index (χ2n) is 2.43. The van der Waals surface area contributed by atoms with Gasteiger partial charge in [0.25, 0.3) is 0 Å². The quantitative estimate of drug-likeness (QED) is 0.438. The number of hydrogen-bond donors (Lipinski definition) is 3. The van der Waals surface area contributed by atoms with Crippen molar-refractivity contribution in [2.24, 2.45) is 11.7 Å². The summed E-state index contributed by atoms with van der Waals surface area (Å²) in [5.74, 6) is -1.24. The Hall–Kier alpha value is -0.610. The maximum Gasteiger partial charge on any atom is 0.324 e. The van der Waals surface area contributed by atoms with Crippen LogP contribution in [0.15, 0.2) is 0 Å². The summed E-state index contributed by atoms with van der Waals surface area (Å²) in [7, 11) is 0. The molecule has 4 N–H and O–H groups in total. The molecule has 0 saturated heterocycles. The summed E-state index contributed by atoms with van der Waals surface area (Å²) in [6.45, 7) is -0.122. The van der Waals surface area contributed by atoms with Crippen LogP contribution >= 0.6 is 0 Å². The van der Waals surface area contributed by atoms with Crippen LogP contribution in [0.2, 0.25) is 0 Å². The van der Waals surface area contributed by atoms with E-state index < -0.39 is 11.5 Å². The van der Waals surface area contributed by atoms with Gasteiger partial charge in [-0.15, -0.1) is 0 Å². The molecular formula is C5H9NO3. The molecule has 0 aromatic rings. The highest BCUT2D eigenvalue weighted by atomic mass is 16.4. The SMILES string of the molecule is N[C@]1(C(=O)O)C[C@H]1CO. The molecule has 0 heterocycles. The number of nitrogens with two attached hydrogens (primary N) is 1. The van der Waals surface area contributed by atoms with Crippen LogP contribution in [0.3, 0.4) is 0 Å². The van der Waals surface area contributed by atoms with E-state index in [-0.39, 0.29) is 12.5 Å². The molecular weight excluding hydrogens is 122 g/mol. The molecule has 0 unspecified atom stereocenters. The lowest BCUT2D eigenvalue weighted by Crippen LogP contribution is -2.35. The van der Waals surface area contributed by atoms with E-state index in [1.165, 1.54) is 0 Å². The predicted molar refractivity (Wildman–Crippen MR) is 29.7 cm³/mol. The number of aliphatic hydroxyl groups is 1. The van der Waals surface area contributed by atoms with Crippen LogP contribution in [0.5, 0.6) is 0 Å². The smallest absolute Gasteiger partial charge is 0.324 e. The number of hydrogen-bond acceptors (Lipinski definition) is 3. The van der Waals surface area contributed by atoms with E-state index in [1.807, 2.05) is 0 Å². The number of carbonyl (C=O) groups is 1. The zero-order valence-electron chi connectivity index (χ0n) is 4.87. The Labute approximate surface area is 52.3 Å². The minimum absolute atomic E-state index is 0.122. The Bertz CT molecular complexity index is 147. The Balaban J connectivity index is 2.52. The molecule has 0 aromatic heterocycles. The summed E-state index contributed by atoms with van der Waals surface area (Å²) >= 11 is 0. The fourth-order valence-corrected chi connectivity index (χ4v) is 0.838. The lowest BCUT2D eigenvalue weighted by molar-refractivity contribution is -0.140. The van der Waals surface area contributed by atoms with Gasteiger partial charge in [-0.25, -0.2) is 0 Å². The fraction of sp³-hybridized carbons (Fsp3) is 0.800. The van der Waals surface area contributed by atoms with E-state index >= 15 is 0 Å². The molecule has 1 aliphatic rings. The average molecular weight is 131 g/mol. The molecule has 2 atom stereocenters. The molecule has 0 aromatic carbocycles. The maximum atomic E-state index is 10.2. The Morgan fingerprint density at radius 1 is 1.89 bits per heavy atom. The van der Waals surface area contributed by atoms with E-state index in [1.54, 1.807) is 0 Å². The maximum absolute atomic E-state index is 10.2. The lowest BCUT2D eigenvalue weighted by Gasteiger charge is -2.00. The topological polar surface area (TPSA) is 83.6 Å². The van der Waals surface area contributed by atoms with E-state index in [9.17, 15) is 4.79 Å². The molecule has 0 spiro atoms. The van der Waals surface area contributed by atoms with Crippen LogP contribution < -0.4 is 5.73 Å². The molecule has 4 nitrogen and oxygen atoms in total. The fourth-order valence-electron chi connectivity index (χ4n) is 0.838. The van der Waals surface area contributed by atoms with Crippen molar-refractivity contribution >= 4 is 5.97 Å². The van der Waals surface area contributed by atoms with Crippen LogP contribution in [-0.4, -0.2) is 28.3 Å². The van der Waals surface area contributed by atoms with Gasteiger partial charge in [0.1, 0.15) is 5.54 Å². The number of rotatable bonds is 2. The van der Waals surface area contributed by atoms with E-state index in [4.69, 9.17) is 15.9 Å². The molecule has 9 heavy (non-hydrogen) atoms. The van der Waals surface area contributed by atoms with Crippen molar-refractivity contribution in [3.05, 3.63) is 0 Å². The van der Waals surface area contributed by atoms with Gasteiger partial charge in [0.15, 0.2) is 0 Å². The van der Waals surface area contributed by atoms with Crippen molar-refractivity contribution in [3.8, 4) is 0 Å². The van der Waals surface area contributed by atoms with Gasteiger partial charge >= 0.3 is 5.97 Å². The summed E-state index contributed by atoms with van der Waals surface area (Å²) in [5, 5.41) is 16.8. The zero-order chi connectivity index (χ0) is 7.07. The van der Waals surface area contributed by atoms with Crippen molar-refractivity contribution in [3.63, 3.8) is 0 Å². The number of aliphatic carboxylic acids is 1. The van der Waals surface area contributed by atoms with Gasteiger partial charge in [0, 0.05) is 12.5 Å². The molecule has 1 aliphatic carbocycles. The third-order valence-electron chi connectivity index (χ3n) is 1.77. The molecule has 1 fully saturated rings. The normalized spacial score (nSPS) is 40.4. The van der Waals surface area contributed by atoms with Gasteiger partial charge in [-0.3, -0.25) is 4.79 Å². The lowest BCUT2D eigenvalue weighted by atomic mass is 10.2. The summed E-state index contributed by atoms with van der Waals surface area (Å²) < 4.78 is 0. The summed E-state index contributed by atoms with van der Waals surface area (Å²) in [5.41, 5.74) is 4.17. The van der Waals surface area contributed by atoms with Crippen molar-refractivity contribution in [1.82, 2.24) is 0 Å². The molecule has 52 valence electrons. The minimum atomic E-state index is -1.12. The van der Waals surface area contributed by atoms with Crippen LogP contribution in [0.25, 0.3) is 0 Å². The van der Waals surface area contributed by atoms with Gasteiger partial charge in [-0.1, -0.05) is 0 Å². The molecule has 0 amide bonds. The Morgan fingerprint density at radius 3 is 2.56 bits per heavy atom. The first-order chi connectivity index (χ1) is 4.11. The Kier molecular flexibility index (Phi) is 1.22. The molecule has 4 heteroatoms. The van der Waals surface area contributed by atoms with Crippen molar-refractivity contribution in [2.75, 3.05) is 6.61 Å². The Morgan fingerprint density at radius 2 is 2.44 bits per heavy atom. The first kappa shape index (κ1) is 6.51. The predicted octanol–water partition coefficient (Wildman–Crippen LogP) is -1.22. The van der Waals surface area contributed by atoms with Crippen LogP contribution in [0.1, 0.15) is 6.42 Å². The van der Waals surface area contributed by atoms with Gasteiger partial charge < -0.3 is 15.9 Å². The monoisotopic (exact) mass is 131 g/mol. The minimum Gasteiger partial charge on any atom is -0.480 e. The van der Waals surface area contributed by atoms with Gasteiger partial charge in [-0.05, 0) is 6.42 Å². The molecule has 0 aliphatic heterocycles. The van der Waals surface area contributed by atoms with Crippen LogP contribution in [-0.2, 0) is 4.79 Å². The van der Waals surface area contributed by atoms with Crippen molar-refractivity contribution in [2.45, 2.75) is 12.0 Å². The van der Waals surface area contributed by atoms with Gasteiger partial charge in [0.2, 0.25) is 0 Å². The third kappa shape index (κ3) is 0.799. The highest BCUT2D eigenvalue weighted by Crippen LogP contribution is 2.40. The molecule has 1 saturated carbocycles. The first-order valence-corrected chi connectivity index (χ1v) is 2.74. The second-order valence-corrected chi connectivity index (χ2v) is 2.43. The summed E-state index contributed by atoms with van der Waals surface area (Å²) in [4.78, 5) is 10.2. The van der Waals surface area contributed by atoms with Crippen LogP contribution in [0, 0.1) is 5.92 Å². The molecule has 0 bridgehead atoms. The number of carboxylic acids is 1. The number of carboxylic acid groups (broad SMARTS) is 1. The zero-order valence-corrected chi connectivity index (χ0v) is 4.87. The largest absolute Gasteiger partial charge is 0.480 e. The third-order valence-corrected chi connectivity index (χ3v) is 1.77. The molecule has 0 radical (unpaired) electrons. The van der Waals surface area contributed by atoms with Gasteiger partial charge in [0.05, 0.1) is 0 Å². The van der Waals surface area contributed by atoms with E-state index in [2.05, 4.69) is 0 Å². The van der Waals surface area contributed by atoms with Crippen molar-refractivity contribution in [1.29, 1.82) is 0 Å². The molecule has 1 rings (SSSR count). The summed E-state index contributed by atoms with van der Waals surface area (Å²) in [6, 6.07) is 0. The second kappa shape index (κ2) is 1.68. The number of aliphatic hydroxyl groups excluding tert-OH is 1. The van der Waals surface area contributed by atoms with E-state index in [0.717, 1.165) is 0 Å². The van der Waals surface area contributed by atoms with Crippen LogP contribution in [0.4, 0.5) is 0 Å². The standard InChI is InChI=1S/C5H9NO3/c6-5(4(8)9)1-3(5)2-7/h3,7H,1-2,6H2,(H,8,9)/t3-,5+/m0/s1. The first-order valence-electron chi connectivity index (χ1n) is 2.74. The highest BCUT2D eigenvalue weighted by molar-refractivity contribution is 5.82. The highest BCUT2D eigenvalue weighted by Gasteiger charge is 2.57. The van der Waals surface area contributed by atoms with Crippen molar-refractivity contribution < 1.29 is 15.0 Å².